The lowest BCUT2D eigenvalue weighted by Gasteiger charge is -2.12. The van der Waals surface area contributed by atoms with Gasteiger partial charge in [0.1, 0.15) is 17.7 Å². The van der Waals surface area contributed by atoms with Crippen LogP contribution in [0.15, 0.2) is 16.6 Å². The standard InChI is InChI=1S/C10H7BrF2N2O2/c11-4-1-7(6(13)2-5(4)12)14-8-3-9(16)15-10(8)17/h1-2,8,14H,3H2,(H,15,16,17). The minimum Gasteiger partial charge on any atom is -0.371 e. The number of imide groups is 1. The van der Waals surface area contributed by atoms with Crippen molar-refractivity contribution in [2.24, 2.45) is 0 Å². The molecule has 1 heterocycles. The van der Waals surface area contributed by atoms with Gasteiger partial charge in [-0.05, 0) is 22.0 Å². The lowest BCUT2D eigenvalue weighted by atomic mass is 10.2. The summed E-state index contributed by atoms with van der Waals surface area (Å²) in [7, 11) is 0. The number of hydrogen-bond acceptors (Lipinski definition) is 3. The van der Waals surface area contributed by atoms with Crippen molar-refractivity contribution in [1.82, 2.24) is 5.32 Å². The highest BCUT2D eigenvalue weighted by atomic mass is 79.9. The molecule has 1 atom stereocenters. The zero-order chi connectivity index (χ0) is 12.6. The minimum atomic E-state index is -0.825. The molecule has 1 unspecified atom stereocenters. The first-order chi connectivity index (χ1) is 7.97. The number of nitrogens with one attached hydrogen (secondary N) is 2. The van der Waals surface area contributed by atoms with Crippen LogP contribution in [-0.2, 0) is 9.59 Å². The first kappa shape index (κ1) is 12.0. The van der Waals surface area contributed by atoms with Crippen molar-refractivity contribution in [3.05, 3.63) is 28.2 Å². The Kier molecular flexibility index (Phi) is 3.10. The predicted molar refractivity (Wildman–Crippen MR) is 59.2 cm³/mol. The highest BCUT2D eigenvalue weighted by Gasteiger charge is 2.31. The highest BCUT2D eigenvalue weighted by molar-refractivity contribution is 9.10. The average molecular weight is 305 g/mol. The van der Waals surface area contributed by atoms with Gasteiger partial charge in [0.2, 0.25) is 11.8 Å². The topological polar surface area (TPSA) is 58.2 Å². The van der Waals surface area contributed by atoms with Gasteiger partial charge in [0.25, 0.3) is 0 Å². The predicted octanol–water partition coefficient (Wildman–Crippen LogP) is 1.55. The fourth-order valence-electron chi connectivity index (χ4n) is 1.49. The molecule has 0 radical (unpaired) electrons. The molecule has 0 aromatic heterocycles. The van der Waals surface area contributed by atoms with Crippen molar-refractivity contribution in [2.75, 3.05) is 5.32 Å². The minimum absolute atomic E-state index is 0.0341. The van der Waals surface area contributed by atoms with Gasteiger partial charge < -0.3 is 5.32 Å². The fourth-order valence-corrected chi connectivity index (χ4v) is 1.83. The quantitative estimate of drug-likeness (QED) is 0.644. The van der Waals surface area contributed by atoms with Crippen LogP contribution in [-0.4, -0.2) is 17.9 Å². The Bertz CT molecular complexity index is 507. The van der Waals surface area contributed by atoms with E-state index in [1.807, 2.05) is 0 Å². The molecule has 0 saturated carbocycles. The Balaban J connectivity index is 2.22. The van der Waals surface area contributed by atoms with Crippen LogP contribution in [0, 0.1) is 11.6 Å². The third-order valence-electron chi connectivity index (χ3n) is 2.31. The van der Waals surface area contributed by atoms with Gasteiger partial charge in [-0.1, -0.05) is 0 Å². The van der Waals surface area contributed by atoms with Crippen LogP contribution in [0.1, 0.15) is 6.42 Å². The maximum absolute atomic E-state index is 13.4. The molecular weight excluding hydrogens is 298 g/mol. The average Bonchev–Trinajstić information content (AvgIpc) is 2.54. The number of carbonyl (C=O) groups is 2. The number of rotatable bonds is 2. The summed E-state index contributed by atoms with van der Waals surface area (Å²) >= 11 is 2.91. The van der Waals surface area contributed by atoms with Crippen LogP contribution in [0.4, 0.5) is 14.5 Å². The first-order valence-corrected chi connectivity index (χ1v) is 5.51. The van der Waals surface area contributed by atoms with Gasteiger partial charge in [-0.15, -0.1) is 0 Å². The van der Waals surface area contributed by atoms with Gasteiger partial charge in [0.05, 0.1) is 16.6 Å². The van der Waals surface area contributed by atoms with E-state index in [1.54, 1.807) is 0 Å². The summed E-state index contributed by atoms with van der Waals surface area (Å²) in [4.78, 5) is 22.2. The van der Waals surface area contributed by atoms with Crippen molar-refractivity contribution in [3.8, 4) is 0 Å². The third-order valence-corrected chi connectivity index (χ3v) is 2.92. The van der Waals surface area contributed by atoms with Crippen LogP contribution >= 0.6 is 15.9 Å². The highest BCUT2D eigenvalue weighted by Crippen LogP contribution is 2.25. The third kappa shape index (κ3) is 2.44. The van der Waals surface area contributed by atoms with Gasteiger partial charge in [-0.2, -0.15) is 0 Å². The summed E-state index contributed by atoms with van der Waals surface area (Å²) in [5.74, 6) is -2.50. The Hall–Kier alpha value is -1.50. The monoisotopic (exact) mass is 304 g/mol. The first-order valence-electron chi connectivity index (χ1n) is 4.72. The second-order valence-electron chi connectivity index (χ2n) is 3.56. The Labute approximate surface area is 104 Å². The molecule has 0 spiro atoms. The molecule has 1 aliphatic heterocycles. The van der Waals surface area contributed by atoms with Crippen molar-refractivity contribution in [2.45, 2.75) is 12.5 Å². The Morgan fingerprint density at radius 2 is 2.00 bits per heavy atom. The number of carbonyl (C=O) groups excluding carboxylic acids is 2. The Morgan fingerprint density at radius 3 is 2.59 bits per heavy atom. The number of anilines is 1. The van der Waals surface area contributed by atoms with Crippen molar-refractivity contribution >= 4 is 33.4 Å². The zero-order valence-electron chi connectivity index (χ0n) is 8.39. The van der Waals surface area contributed by atoms with Crippen molar-refractivity contribution in [3.63, 3.8) is 0 Å². The molecule has 17 heavy (non-hydrogen) atoms. The lowest BCUT2D eigenvalue weighted by molar-refractivity contribution is -0.124. The van der Waals surface area contributed by atoms with Gasteiger partial charge in [-0.3, -0.25) is 14.9 Å². The normalized spacial score (nSPS) is 19.4. The van der Waals surface area contributed by atoms with Gasteiger partial charge in [0, 0.05) is 6.07 Å². The molecule has 1 fully saturated rings. The van der Waals surface area contributed by atoms with Crippen molar-refractivity contribution < 1.29 is 18.4 Å². The number of benzene rings is 1. The number of hydrogen-bond donors (Lipinski definition) is 2. The van der Waals surface area contributed by atoms with E-state index in [-0.39, 0.29) is 16.6 Å². The van der Waals surface area contributed by atoms with E-state index < -0.39 is 29.5 Å². The second kappa shape index (κ2) is 4.40. The zero-order valence-corrected chi connectivity index (χ0v) is 9.98. The molecule has 0 bridgehead atoms. The van der Waals surface area contributed by atoms with E-state index in [4.69, 9.17) is 0 Å². The molecule has 2 amide bonds. The van der Waals surface area contributed by atoms with E-state index in [0.717, 1.165) is 0 Å². The van der Waals surface area contributed by atoms with Crippen LogP contribution < -0.4 is 10.6 Å². The lowest BCUT2D eigenvalue weighted by Crippen LogP contribution is -2.30. The molecule has 1 aromatic rings. The molecular formula is C10H7BrF2N2O2. The van der Waals surface area contributed by atoms with E-state index in [2.05, 4.69) is 26.6 Å². The van der Waals surface area contributed by atoms with Crippen LogP contribution in [0.2, 0.25) is 0 Å². The molecule has 1 aliphatic rings. The molecule has 2 N–H and O–H groups in total. The smallest absolute Gasteiger partial charge is 0.249 e. The number of amides is 2. The van der Waals surface area contributed by atoms with Gasteiger partial charge in [-0.25, -0.2) is 8.78 Å². The van der Waals surface area contributed by atoms with E-state index in [1.165, 1.54) is 6.07 Å². The summed E-state index contributed by atoms with van der Waals surface area (Å²) < 4.78 is 26.4. The summed E-state index contributed by atoms with van der Waals surface area (Å²) in [5, 5.41) is 4.64. The van der Waals surface area contributed by atoms with Gasteiger partial charge >= 0.3 is 0 Å². The largest absolute Gasteiger partial charge is 0.371 e. The SMILES string of the molecule is O=C1CC(Nc2cc(Br)c(F)cc2F)C(=O)N1. The fraction of sp³-hybridized carbons (Fsp3) is 0.200. The summed E-state index contributed by atoms with van der Waals surface area (Å²) in [6.45, 7) is 0. The Morgan fingerprint density at radius 1 is 1.29 bits per heavy atom. The number of halogens is 3. The maximum Gasteiger partial charge on any atom is 0.249 e. The molecule has 90 valence electrons. The molecule has 1 saturated heterocycles. The molecule has 2 rings (SSSR count). The van der Waals surface area contributed by atoms with E-state index in [0.29, 0.717) is 6.07 Å². The summed E-state index contributed by atoms with van der Waals surface area (Å²) in [6.07, 6.45) is -0.0622. The second-order valence-corrected chi connectivity index (χ2v) is 4.41. The molecule has 7 heteroatoms. The van der Waals surface area contributed by atoms with E-state index >= 15 is 0 Å². The van der Waals surface area contributed by atoms with E-state index in [9.17, 15) is 18.4 Å². The molecule has 1 aromatic carbocycles. The van der Waals surface area contributed by atoms with Gasteiger partial charge in [0.15, 0.2) is 0 Å². The van der Waals surface area contributed by atoms with Crippen LogP contribution in [0.5, 0.6) is 0 Å². The van der Waals surface area contributed by atoms with Crippen molar-refractivity contribution in [1.29, 1.82) is 0 Å². The maximum atomic E-state index is 13.4. The van der Waals surface area contributed by atoms with Crippen LogP contribution in [0.25, 0.3) is 0 Å². The summed E-state index contributed by atoms with van der Waals surface area (Å²) in [6, 6.07) is 1.05. The molecule has 0 aliphatic carbocycles. The molecule has 4 nitrogen and oxygen atoms in total. The summed E-state index contributed by atoms with van der Waals surface area (Å²) in [5.41, 5.74) is -0.0341. The van der Waals surface area contributed by atoms with Crippen LogP contribution in [0.3, 0.4) is 0 Å².